The predicted octanol–water partition coefficient (Wildman–Crippen LogP) is 3.42. The fourth-order valence-corrected chi connectivity index (χ4v) is 2.70. The normalized spacial score (nSPS) is 19.4. The van der Waals surface area contributed by atoms with Crippen LogP contribution in [0.1, 0.15) is 30.9 Å². The van der Waals surface area contributed by atoms with E-state index in [1.165, 1.54) is 24.0 Å². The summed E-state index contributed by atoms with van der Waals surface area (Å²) in [5, 5.41) is 3.49. The molecule has 1 saturated heterocycles. The van der Waals surface area contributed by atoms with Gasteiger partial charge in [0.1, 0.15) is 0 Å². The molecule has 2 rings (SSSR count). The summed E-state index contributed by atoms with van der Waals surface area (Å²) in [5.41, 5.74) is 2.67. The molecule has 0 amide bonds. The number of hydrogen-bond donors (Lipinski definition) is 1. The van der Waals surface area contributed by atoms with E-state index in [2.05, 4.69) is 53.3 Å². The molecule has 1 atom stereocenters. The molecule has 0 saturated carbocycles. The molecule has 1 aromatic rings. The Kier molecular flexibility index (Phi) is 7.34. The highest BCUT2D eigenvalue weighted by atomic mass is 127. The van der Waals surface area contributed by atoms with Crippen LogP contribution in [0.3, 0.4) is 0 Å². The zero-order chi connectivity index (χ0) is 13.7. The first-order valence-corrected chi connectivity index (χ1v) is 7.21. The van der Waals surface area contributed by atoms with Gasteiger partial charge >= 0.3 is 0 Å². The zero-order valence-electron chi connectivity index (χ0n) is 12.7. The molecule has 0 aromatic heterocycles. The first-order chi connectivity index (χ1) is 9.20. The predicted molar refractivity (Wildman–Crippen MR) is 96.8 cm³/mol. The van der Waals surface area contributed by atoms with E-state index in [1.807, 2.05) is 7.05 Å². The molecule has 1 heterocycles. The molecule has 4 heteroatoms. The minimum atomic E-state index is 0. The van der Waals surface area contributed by atoms with Gasteiger partial charge in [0.25, 0.3) is 0 Å². The standard InChI is InChI=1S/C16H25N3.HI/c1-13-7-6-10-19(12-13)16(17-3)18-11-15-9-5-4-8-14(15)2;/h4-5,8-9,13H,6-7,10-12H2,1-3H3,(H,17,18);1H. The van der Waals surface area contributed by atoms with Crippen LogP contribution in [0.15, 0.2) is 29.3 Å². The van der Waals surface area contributed by atoms with Crippen molar-refractivity contribution in [3.05, 3.63) is 35.4 Å². The molecule has 1 aliphatic heterocycles. The Morgan fingerprint density at radius 1 is 1.40 bits per heavy atom. The third-order valence-corrected chi connectivity index (χ3v) is 3.87. The molecule has 0 aliphatic carbocycles. The van der Waals surface area contributed by atoms with E-state index in [0.29, 0.717) is 0 Å². The number of aliphatic imine (C=N–C) groups is 1. The van der Waals surface area contributed by atoms with Gasteiger partial charge in [-0.15, -0.1) is 24.0 Å². The monoisotopic (exact) mass is 387 g/mol. The molecule has 1 fully saturated rings. The molecular weight excluding hydrogens is 361 g/mol. The molecule has 1 N–H and O–H groups in total. The largest absolute Gasteiger partial charge is 0.352 e. The molecule has 1 aliphatic rings. The number of guanidine groups is 1. The quantitative estimate of drug-likeness (QED) is 0.479. The van der Waals surface area contributed by atoms with Crippen LogP contribution in [0.2, 0.25) is 0 Å². The van der Waals surface area contributed by atoms with Crippen molar-refractivity contribution in [3.8, 4) is 0 Å². The molecule has 0 radical (unpaired) electrons. The Balaban J connectivity index is 0.00000200. The van der Waals surface area contributed by atoms with Crippen molar-refractivity contribution in [3.63, 3.8) is 0 Å². The van der Waals surface area contributed by atoms with E-state index in [-0.39, 0.29) is 24.0 Å². The topological polar surface area (TPSA) is 27.6 Å². The highest BCUT2D eigenvalue weighted by molar-refractivity contribution is 14.0. The lowest BCUT2D eigenvalue weighted by Gasteiger charge is -2.33. The number of aryl methyl sites for hydroxylation is 1. The number of nitrogens with zero attached hydrogens (tertiary/aromatic N) is 2. The van der Waals surface area contributed by atoms with Crippen molar-refractivity contribution in [1.29, 1.82) is 0 Å². The minimum Gasteiger partial charge on any atom is -0.352 e. The number of halogens is 1. The third-order valence-electron chi connectivity index (χ3n) is 3.87. The molecule has 0 bridgehead atoms. The summed E-state index contributed by atoms with van der Waals surface area (Å²) >= 11 is 0. The van der Waals surface area contributed by atoms with Gasteiger partial charge in [0.05, 0.1) is 0 Å². The average Bonchev–Trinajstić information content (AvgIpc) is 2.41. The fraction of sp³-hybridized carbons (Fsp3) is 0.562. The molecular formula is C16H26IN3. The zero-order valence-corrected chi connectivity index (χ0v) is 15.1. The van der Waals surface area contributed by atoms with Gasteiger partial charge in [-0.2, -0.15) is 0 Å². The van der Waals surface area contributed by atoms with Crippen LogP contribution in [0, 0.1) is 12.8 Å². The Bertz CT molecular complexity index is 445. The molecule has 1 unspecified atom stereocenters. The van der Waals surface area contributed by atoms with Crippen LogP contribution < -0.4 is 5.32 Å². The second-order valence-electron chi connectivity index (χ2n) is 5.52. The van der Waals surface area contributed by atoms with Crippen molar-refractivity contribution < 1.29 is 0 Å². The lowest BCUT2D eigenvalue weighted by atomic mass is 10.0. The molecule has 1 aromatic carbocycles. The van der Waals surface area contributed by atoms with Crippen LogP contribution in [0.25, 0.3) is 0 Å². The third kappa shape index (κ3) is 4.65. The lowest BCUT2D eigenvalue weighted by molar-refractivity contribution is 0.266. The van der Waals surface area contributed by atoms with Gasteiger partial charge in [0, 0.05) is 26.7 Å². The highest BCUT2D eigenvalue weighted by Gasteiger charge is 2.18. The van der Waals surface area contributed by atoms with Crippen LogP contribution in [0.4, 0.5) is 0 Å². The number of rotatable bonds is 2. The first kappa shape index (κ1) is 17.3. The van der Waals surface area contributed by atoms with Crippen LogP contribution in [-0.4, -0.2) is 31.0 Å². The van der Waals surface area contributed by atoms with Crippen LogP contribution in [0.5, 0.6) is 0 Å². The van der Waals surface area contributed by atoms with E-state index < -0.39 is 0 Å². The molecule has 0 spiro atoms. The molecule has 112 valence electrons. The summed E-state index contributed by atoms with van der Waals surface area (Å²) in [7, 11) is 1.87. The van der Waals surface area contributed by atoms with E-state index in [1.54, 1.807) is 0 Å². The Morgan fingerprint density at radius 3 is 2.80 bits per heavy atom. The number of hydrogen-bond acceptors (Lipinski definition) is 1. The first-order valence-electron chi connectivity index (χ1n) is 7.21. The van der Waals surface area contributed by atoms with E-state index >= 15 is 0 Å². The maximum atomic E-state index is 4.42. The van der Waals surface area contributed by atoms with Crippen molar-refractivity contribution in [2.24, 2.45) is 10.9 Å². The van der Waals surface area contributed by atoms with E-state index in [4.69, 9.17) is 0 Å². The smallest absolute Gasteiger partial charge is 0.193 e. The second kappa shape index (κ2) is 8.49. The Hall–Kier alpha value is -0.780. The summed E-state index contributed by atoms with van der Waals surface area (Å²) in [6, 6.07) is 8.51. The molecule has 3 nitrogen and oxygen atoms in total. The van der Waals surface area contributed by atoms with Gasteiger partial charge < -0.3 is 10.2 Å². The minimum absolute atomic E-state index is 0. The summed E-state index contributed by atoms with van der Waals surface area (Å²) in [6.07, 6.45) is 2.61. The lowest BCUT2D eigenvalue weighted by Crippen LogP contribution is -2.45. The molecule has 20 heavy (non-hydrogen) atoms. The van der Waals surface area contributed by atoms with Crippen molar-refractivity contribution in [2.45, 2.75) is 33.2 Å². The summed E-state index contributed by atoms with van der Waals surface area (Å²) < 4.78 is 0. The van der Waals surface area contributed by atoms with Gasteiger partial charge in [0.2, 0.25) is 0 Å². The SMILES string of the molecule is CN=C(NCc1ccccc1C)N1CCCC(C)C1.I. The Morgan fingerprint density at radius 2 is 2.15 bits per heavy atom. The van der Waals surface area contributed by atoms with E-state index in [9.17, 15) is 0 Å². The van der Waals surface area contributed by atoms with Crippen LogP contribution >= 0.6 is 24.0 Å². The van der Waals surface area contributed by atoms with E-state index in [0.717, 1.165) is 31.5 Å². The van der Waals surface area contributed by atoms with Crippen molar-refractivity contribution in [1.82, 2.24) is 10.2 Å². The number of nitrogens with one attached hydrogen (secondary N) is 1. The maximum absolute atomic E-state index is 4.42. The number of likely N-dealkylation sites (tertiary alicyclic amines) is 1. The van der Waals surface area contributed by atoms with Gasteiger partial charge in [-0.1, -0.05) is 31.2 Å². The van der Waals surface area contributed by atoms with Crippen molar-refractivity contribution >= 4 is 29.9 Å². The van der Waals surface area contributed by atoms with Crippen molar-refractivity contribution in [2.75, 3.05) is 20.1 Å². The summed E-state index contributed by atoms with van der Waals surface area (Å²) in [6.45, 7) is 7.57. The summed E-state index contributed by atoms with van der Waals surface area (Å²) in [5.74, 6) is 1.81. The summed E-state index contributed by atoms with van der Waals surface area (Å²) in [4.78, 5) is 6.80. The van der Waals surface area contributed by atoms with Gasteiger partial charge in [-0.05, 0) is 36.8 Å². The average molecular weight is 387 g/mol. The second-order valence-corrected chi connectivity index (χ2v) is 5.52. The fourth-order valence-electron chi connectivity index (χ4n) is 2.70. The van der Waals surface area contributed by atoms with Crippen LogP contribution in [-0.2, 0) is 6.54 Å². The Labute approximate surface area is 139 Å². The van der Waals surface area contributed by atoms with Gasteiger partial charge in [-0.3, -0.25) is 4.99 Å². The van der Waals surface area contributed by atoms with Gasteiger partial charge in [0.15, 0.2) is 5.96 Å². The van der Waals surface area contributed by atoms with Gasteiger partial charge in [-0.25, -0.2) is 0 Å². The highest BCUT2D eigenvalue weighted by Crippen LogP contribution is 2.15. The maximum Gasteiger partial charge on any atom is 0.193 e. The number of piperidine rings is 1. The number of benzene rings is 1.